The van der Waals surface area contributed by atoms with E-state index in [0.29, 0.717) is 5.69 Å². The number of hydrogen-bond acceptors (Lipinski definition) is 3. The third-order valence-corrected chi connectivity index (χ3v) is 4.14. The summed E-state index contributed by atoms with van der Waals surface area (Å²) in [6.07, 6.45) is 0. The predicted molar refractivity (Wildman–Crippen MR) is 109 cm³/mol. The van der Waals surface area contributed by atoms with Crippen molar-refractivity contribution in [3.8, 4) is 5.75 Å². The van der Waals surface area contributed by atoms with E-state index in [1.54, 1.807) is 12.1 Å². The summed E-state index contributed by atoms with van der Waals surface area (Å²) in [6, 6.07) is 9.97. The molecule has 6 nitrogen and oxygen atoms in total. The van der Waals surface area contributed by atoms with Crippen LogP contribution in [0.4, 0.5) is 11.4 Å². The quantitative estimate of drug-likeness (QED) is 0.260. The minimum Gasteiger partial charge on any atom is -0.424 e. The molecule has 0 aliphatic carbocycles. The van der Waals surface area contributed by atoms with Gasteiger partial charge in [-0.05, 0) is 36.4 Å². The average Bonchev–Trinajstić information content (AvgIpc) is 2.58. The van der Waals surface area contributed by atoms with Crippen molar-refractivity contribution in [2.24, 2.45) is 0 Å². The van der Waals surface area contributed by atoms with Gasteiger partial charge in [0.2, 0.25) is 5.84 Å². The summed E-state index contributed by atoms with van der Waals surface area (Å²) in [5.41, 5.74) is 1.52. The van der Waals surface area contributed by atoms with E-state index in [4.69, 9.17) is 27.9 Å². The van der Waals surface area contributed by atoms with E-state index < -0.39 is 11.9 Å². The maximum absolute atomic E-state index is 12.6. The number of nitrogens with one attached hydrogen (secondary N) is 2. The van der Waals surface area contributed by atoms with Crippen molar-refractivity contribution >= 4 is 52.3 Å². The van der Waals surface area contributed by atoms with Gasteiger partial charge in [-0.15, -0.1) is 0 Å². The third-order valence-electron chi connectivity index (χ3n) is 3.64. The Morgan fingerprint density at radius 2 is 1.52 bits per heavy atom. The molecule has 0 saturated carbocycles. The summed E-state index contributed by atoms with van der Waals surface area (Å²) in [6.45, 7) is 3.18. The minimum atomic E-state index is -0.587. The highest BCUT2D eigenvalue weighted by Gasteiger charge is 2.19. The number of esters is 1. The van der Waals surface area contributed by atoms with Gasteiger partial charge in [-0.1, -0.05) is 23.2 Å². The van der Waals surface area contributed by atoms with Gasteiger partial charge in [-0.3, -0.25) is 14.2 Å². The summed E-state index contributed by atoms with van der Waals surface area (Å²) in [7, 11) is 3.88. The van der Waals surface area contributed by atoms with Gasteiger partial charge in [-0.25, -0.2) is 5.32 Å². The molecule has 8 heteroatoms. The molecule has 0 atom stereocenters. The number of carbonyl (C=O) groups excluding carboxylic acids is 2. The zero-order chi connectivity index (χ0) is 20.1. The van der Waals surface area contributed by atoms with Crippen LogP contribution < -0.4 is 15.4 Å². The number of rotatable bonds is 4. The second kappa shape index (κ2) is 8.88. The molecule has 0 heterocycles. The summed E-state index contributed by atoms with van der Waals surface area (Å²) >= 11 is 12.0. The van der Waals surface area contributed by atoms with Gasteiger partial charge in [-0.2, -0.15) is 0 Å². The SMILES string of the molecule is CC(=O)Oc1c(Cl)cc(Cl)cc1C(=O)Nc1ccc(NC(C)=[N+](C)C)cc1. The van der Waals surface area contributed by atoms with Crippen molar-refractivity contribution in [2.75, 3.05) is 24.7 Å². The van der Waals surface area contributed by atoms with E-state index in [2.05, 4.69) is 10.6 Å². The second-order valence-corrected chi connectivity index (χ2v) is 6.84. The van der Waals surface area contributed by atoms with Gasteiger partial charge in [0.25, 0.3) is 5.91 Å². The first kappa shape index (κ1) is 20.7. The van der Waals surface area contributed by atoms with Crippen LogP contribution in [0.15, 0.2) is 36.4 Å². The Hall–Kier alpha value is -2.57. The molecule has 0 spiro atoms. The zero-order valence-electron chi connectivity index (χ0n) is 15.4. The predicted octanol–water partition coefficient (Wildman–Crippen LogP) is 4.27. The highest BCUT2D eigenvalue weighted by Crippen LogP contribution is 2.33. The van der Waals surface area contributed by atoms with Crippen molar-refractivity contribution in [3.63, 3.8) is 0 Å². The van der Waals surface area contributed by atoms with E-state index in [1.807, 2.05) is 37.7 Å². The first-order chi connectivity index (χ1) is 12.7. The molecule has 0 aliphatic rings. The van der Waals surface area contributed by atoms with Crippen molar-refractivity contribution in [1.29, 1.82) is 0 Å². The Labute approximate surface area is 167 Å². The number of halogens is 2. The molecule has 2 N–H and O–H groups in total. The smallest absolute Gasteiger partial charge is 0.308 e. The molecule has 142 valence electrons. The molecule has 0 radical (unpaired) electrons. The second-order valence-electron chi connectivity index (χ2n) is 5.99. The fourth-order valence-electron chi connectivity index (χ4n) is 2.13. The molecule has 2 aromatic carbocycles. The molecule has 2 rings (SSSR count). The zero-order valence-corrected chi connectivity index (χ0v) is 16.9. The van der Waals surface area contributed by atoms with Crippen LogP contribution in [0.1, 0.15) is 24.2 Å². The Morgan fingerprint density at radius 3 is 2.04 bits per heavy atom. The van der Waals surface area contributed by atoms with E-state index in [-0.39, 0.29) is 21.4 Å². The van der Waals surface area contributed by atoms with Crippen LogP contribution in [0.3, 0.4) is 0 Å². The van der Waals surface area contributed by atoms with Gasteiger partial charge < -0.3 is 10.1 Å². The summed E-state index contributed by atoms with van der Waals surface area (Å²) in [5, 5.41) is 6.31. The number of carbonyl (C=O) groups is 2. The lowest BCUT2D eigenvalue weighted by atomic mass is 10.1. The van der Waals surface area contributed by atoms with E-state index >= 15 is 0 Å². The number of benzene rings is 2. The lowest BCUT2D eigenvalue weighted by Gasteiger charge is -2.12. The molecule has 0 aliphatic heterocycles. The highest BCUT2D eigenvalue weighted by molar-refractivity contribution is 6.36. The van der Waals surface area contributed by atoms with Crippen molar-refractivity contribution in [3.05, 3.63) is 52.0 Å². The van der Waals surface area contributed by atoms with Crippen LogP contribution in [-0.4, -0.2) is 36.4 Å². The topological polar surface area (TPSA) is 70.4 Å². The summed E-state index contributed by atoms with van der Waals surface area (Å²) in [4.78, 5) is 23.9. The van der Waals surface area contributed by atoms with Crippen LogP contribution >= 0.6 is 23.2 Å². The lowest BCUT2D eigenvalue weighted by Crippen LogP contribution is -2.18. The Bertz CT molecular complexity index is 905. The van der Waals surface area contributed by atoms with Gasteiger partial charge >= 0.3 is 5.97 Å². The lowest BCUT2D eigenvalue weighted by molar-refractivity contribution is -0.464. The first-order valence-electron chi connectivity index (χ1n) is 8.04. The average molecular weight is 409 g/mol. The van der Waals surface area contributed by atoms with Gasteiger partial charge in [0.05, 0.1) is 24.7 Å². The van der Waals surface area contributed by atoms with Gasteiger partial charge in [0, 0.05) is 24.6 Å². The molecule has 27 heavy (non-hydrogen) atoms. The van der Waals surface area contributed by atoms with E-state index in [1.165, 1.54) is 19.1 Å². The van der Waals surface area contributed by atoms with E-state index in [9.17, 15) is 9.59 Å². The standard InChI is InChI=1S/C19H19Cl2N3O3/c1-11(24(3)4)22-14-5-7-15(8-6-14)23-19(26)16-9-13(20)10-17(21)18(16)27-12(2)25/h5-10H,1-4H3,(H,23,26)/p+1. The first-order valence-corrected chi connectivity index (χ1v) is 8.79. The number of nitrogens with zero attached hydrogens (tertiary/aromatic N) is 1. The molecule has 1 amide bonds. The summed E-state index contributed by atoms with van der Waals surface area (Å²) in [5.74, 6) is -0.129. The highest BCUT2D eigenvalue weighted by atomic mass is 35.5. The Morgan fingerprint density at radius 1 is 0.963 bits per heavy atom. The molecule has 0 bridgehead atoms. The molecular formula is C19H20Cl2N3O3+. The van der Waals surface area contributed by atoms with Crippen molar-refractivity contribution in [1.82, 2.24) is 0 Å². The largest absolute Gasteiger partial charge is 0.424 e. The Balaban J connectivity index is 2.22. The van der Waals surface area contributed by atoms with Gasteiger partial charge in [0.1, 0.15) is 5.69 Å². The van der Waals surface area contributed by atoms with Gasteiger partial charge in [0.15, 0.2) is 5.75 Å². The monoisotopic (exact) mass is 408 g/mol. The van der Waals surface area contributed by atoms with Crippen LogP contribution in [0.25, 0.3) is 0 Å². The fourth-order valence-corrected chi connectivity index (χ4v) is 2.66. The summed E-state index contributed by atoms with van der Waals surface area (Å²) < 4.78 is 7.02. The molecule has 2 aromatic rings. The molecule has 0 saturated heterocycles. The van der Waals surface area contributed by atoms with Crippen molar-refractivity contribution in [2.45, 2.75) is 13.8 Å². The number of ether oxygens (including phenoxy) is 1. The minimum absolute atomic E-state index is 0.0273. The van der Waals surface area contributed by atoms with Crippen LogP contribution in [0.2, 0.25) is 10.0 Å². The van der Waals surface area contributed by atoms with Crippen LogP contribution in [0.5, 0.6) is 5.75 Å². The fraction of sp³-hybridized carbons (Fsp3) is 0.211. The van der Waals surface area contributed by atoms with E-state index in [0.717, 1.165) is 11.5 Å². The molecule has 0 aromatic heterocycles. The van der Waals surface area contributed by atoms with Crippen LogP contribution in [-0.2, 0) is 4.79 Å². The maximum Gasteiger partial charge on any atom is 0.308 e. The molecular weight excluding hydrogens is 389 g/mol. The number of hydrogen-bond donors (Lipinski definition) is 2. The number of anilines is 2. The van der Waals surface area contributed by atoms with Crippen LogP contribution in [0, 0.1) is 0 Å². The van der Waals surface area contributed by atoms with Crippen molar-refractivity contribution < 1.29 is 18.9 Å². The third kappa shape index (κ3) is 5.70. The Kier molecular flexibility index (Phi) is 6.82. The number of amides is 1. The maximum atomic E-state index is 12.6. The normalized spacial score (nSPS) is 10.1. The molecule has 0 unspecified atom stereocenters. The molecule has 0 fully saturated rings. The number of amidine groups is 1.